The number of ether oxygens (including phenoxy) is 1. The topological polar surface area (TPSA) is 35.2 Å². The number of hydrogen-bond acceptors (Lipinski definition) is 3. The van der Waals surface area contributed by atoms with E-state index in [2.05, 4.69) is 16.8 Å². The van der Waals surface area contributed by atoms with Crippen LogP contribution in [-0.4, -0.2) is 19.3 Å². The van der Waals surface area contributed by atoms with Crippen LogP contribution in [0.2, 0.25) is 0 Å². The van der Waals surface area contributed by atoms with Crippen molar-refractivity contribution < 1.29 is 4.74 Å². The summed E-state index contributed by atoms with van der Waals surface area (Å²) in [7, 11) is 1.79. The first-order valence-corrected chi connectivity index (χ1v) is 6.55. The molecule has 2 unspecified atom stereocenters. The van der Waals surface area contributed by atoms with Crippen molar-refractivity contribution in [1.29, 1.82) is 0 Å². The molecule has 2 N–H and O–H groups in total. The van der Waals surface area contributed by atoms with Gasteiger partial charge in [0.15, 0.2) is 0 Å². The van der Waals surface area contributed by atoms with Crippen LogP contribution in [0.1, 0.15) is 24.8 Å². The third kappa shape index (κ3) is 3.03. The van der Waals surface area contributed by atoms with Crippen LogP contribution in [0.4, 0.5) is 0 Å². The average Bonchev–Trinajstić information content (AvgIpc) is 2.93. The van der Waals surface area contributed by atoms with Gasteiger partial charge in [-0.15, -0.1) is 0 Å². The second-order valence-corrected chi connectivity index (χ2v) is 5.15. The van der Waals surface area contributed by atoms with Gasteiger partial charge in [-0.3, -0.25) is 0 Å². The van der Waals surface area contributed by atoms with Gasteiger partial charge in [0.1, 0.15) is 0 Å². The Labute approximate surface area is 95.4 Å². The molecule has 1 aromatic rings. The summed E-state index contributed by atoms with van der Waals surface area (Å²) in [6.07, 6.45) is 4.99. The van der Waals surface area contributed by atoms with Crippen LogP contribution in [0, 0.1) is 5.92 Å². The number of methoxy groups -OCH3 is 1. The molecular formula is C12H19NOS. The lowest BCUT2D eigenvalue weighted by Crippen LogP contribution is -2.38. The molecule has 1 heterocycles. The van der Waals surface area contributed by atoms with Crippen molar-refractivity contribution in [3.63, 3.8) is 0 Å². The third-order valence-corrected chi connectivity index (χ3v) is 3.86. The Morgan fingerprint density at radius 3 is 2.93 bits per heavy atom. The minimum Gasteiger partial charge on any atom is -0.380 e. The van der Waals surface area contributed by atoms with Crippen LogP contribution < -0.4 is 5.73 Å². The van der Waals surface area contributed by atoms with Gasteiger partial charge in [-0.2, -0.15) is 11.3 Å². The molecule has 0 bridgehead atoms. The van der Waals surface area contributed by atoms with Gasteiger partial charge in [0, 0.05) is 13.2 Å². The predicted octanol–water partition coefficient (Wildman–Crippen LogP) is 2.43. The third-order valence-electron chi connectivity index (χ3n) is 3.13. The molecule has 84 valence electrons. The highest BCUT2D eigenvalue weighted by molar-refractivity contribution is 7.07. The molecule has 1 aliphatic rings. The maximum atomic E-state index is 6.16. The molecule has 1 aromatic heterocycles. The van der Waals surface area contributed by atoms with Gasteiger partial charge in [0.25, 0.3) is 0 Å². The van der Waals surface area contributed by atoms with Crippen molar-refractivity contribution in [2.75, 3.05) is 7.11 Å². The molecule has 1 fully saturated rings. The predicted molar refractivity (Wildman–Crippen MR) is 64.1 cm³/mol. The monoisotopic (exact) mass is 225 g/mol. The molecule has 1 saturated carbocycles. The van der Waals surface area contributed by atoms with Crippen LogP contribution in [0.3, 0.4) is 0 Å². The quantitative estimate of drug-likeness (QED) is 0.807. The maximum Gasteiger partial charge on any atom is 0.0750 e. The van der Waals surface area contributed by atoms with Crippen molar-refractivity contribution in [2.45, 2.75) is 37.8 Å². The summed E-state index contributed by atoms with van der Waals surface area (Å²) >= 11 is 1.75. The Morgan fingerprint density at radius 2 is 2.40 bits per heavy atom. The summed E-state index contributed by atoms with van der Waals surface area (Å²) < 4.78 is 5.48. The minimum absolute atomic E-state index is 0.197. The summed E-state index contributed by atoms with van der Waals surface area (Å²) in [6.45, 7) is 0. The van der Waals surface area contributed by atoms with Gasteiger partial charge in [-0.1, -0.05) is 0 Å². The molecule has 2 atom stereocenters. The van der Waals surface area contributed by atoms with E-state index in [0.717, 1.165) is 18.8 Å². The molecule has 0 radical (unpaired) electrons. The average molecular weight is 225 g/mol. The highest BCUT2D eigenvalue weighted by atomic mass is 32.1. The van der Waals surface area contributed by atoms with E-state index in [4.69, 9.17) is 10.5 Å². The van der Waals surface area contributed by atoms with E-state index < -0.39 is 0 Å². The molecule has 0 saturated heterocycles. The second kappa shape index (κ2) is 5.10. The first kappa shape index (κ1) is 11.1. The smallest absolute Gasteiger partial charge is 0.0750 e. The van der Waals surface area contributed by atoms with Crippen molar-refractivity contribution in [3.05, 3.63) is 22.4 Å². The normalized spacial score (nSPS) is 20.1. The number of nitrogens with two attached hydrogens (primary N) is 1. The van der Waals surface area contributed by atoms with E-state index in [0.29, 0.717) is 0 Å². The maximum absolute atomic E-state index is 6.16. The van der Waals surface area contributed by atoms with Crippen molar-refractivity contribution >= 4 is 11.3 Å². The van der Waals surface area contributed by atoms with Crippen molar-refractivity contribution in [1.82, 2.24) is 0 Å². The van der Waals surface area contributed by atoms with E-state index in [9.17, 15) is 0 Å². The molecule has 2 rings (SSSR count). The molecule has 2 nitrogen and oxygen atoms in total. The van der Waals surface area contributed by atoms with Gasteiger partial charge in [-0.05, 0) is 54.0 Å². The summed E-state index contributed by atoms with van der Waals surface area (Å²) in [5, 5.41) is 4.32. The van der Waals surface area contributed by atoms with Crippen LogP contribution >= 0.6 is 11.3 Å². The number of thiophene rings is 1. The van der Waals surface area contributed by atoms with Gasteiger partial charge in [-0.25, -0.2) is 0 Å². The molecule has 0 aromatic carbocycles. The van der Waals surface area contributed by atoms with Gasteiger partial charge < -0.3 is 10.5 Å². The van der Waals surface area contributed by atoms with E-state index in [1.54, 1.807) is 18.4 Å². The van der Waals surface area contributed by atoms with Crippen LogP contribution in [0.5, 0.6) is 0 Å². The van der Waals surface area contributed by atoms with E-state index in [-0.39, 0.29) is 12.1 Å². The lowest BCUT2D eigenvalue weighted by Gasteiger charge is -2.22. The minimum atomic E-state index is 0.197. The highest BCUT2D eigenvalue weighted by Gasteiger charge is 2.34. The number of hydrogen-bond donors (Lipinski definition) is 1. The standard InChI is InChI=1S/C12H19NOS/c1-14-12(10-3-4-10)11(13)5-2-9-6-7-15-8-9/h6-8,10-12H,2-5,13H2,1H3. The number of aryl methyl sites for hydroxylation is 1. The Balaban J connectivity index is 1.77. The molecule has 15 heavy (non-hydrogen) atoms. The van der Waals surface area contributed by atoms with Crippen LogP contribution in [0.15, 0.2) is 16.8 Å². The molecular weight excluding hydrogens is 206 g/mol. The molecule has 0 amide bonds. The van der Waals surface area contributed by atoms with Gasteiger partial charge in [0.05, 0.1) is 6.10 Å². The second-order valence-electron chi connectivity index (χ2n) is 4.37. The zero-order valence-corrected chi connectivity index (χ0v) is 10.0. The molecule has 0 spiro atoms. The van der Waals surface area contributed by atoms with E-state index in [1.807, 2.05) is 0 Å². The molecule has 0 aliphatic heterocycles. The fourth-order valence-corrected chi connectivity index (χ4v) is 2.78. The van der Waals surface area contributed by atoms with E-state index in [1.165, 1.54) is 18.4 Å². The molecule has 3 heteroatoms. The Hall–Kier alpha value is -0.380. The summed E-state index contributed by atoms with van der Waals surface area (Å²) in [5.41, 5.74) is 7.57. The van der Waals surface area contributed by atoms with Crippen molar-refractivity contribution in [2.24, 2.45) is 11.7 Å². The summed E-state index contributed by atoms with van der Waals surface area (Å²) in [4.78, 5) is 0. The summed E-state index contributed by atoms with van der Waals surface area (Å²) in [6, 6.07) is 2.37. The number of rotatable bonds is 6. The zero-order chi connectivity index (χ0) is 10.7. The fraction of sp³-hybridized carbons (Fsp3) is 0.667. The zero-order valence-electron chi connectivity index (χ0n) is 9.19. The van der Waals surface area contributed by atoms with Gasteiger partial charge in [0.2, 0.25) is 0 Å². The Kier molecular flexibility index (Phi) is 3.78. The van der Waals surface area contributed by atoms with Gasteiger partial charge >= 0.3 is 0 Å². The first-order valence-electron chi connectivity index (χ1n) is 5.60. The summed E-state index contributed by atoms with van der Waals surface area (Å²) in [5.74, 6) is 0.729. The lowest BCUT2D eigenvalue weighted by atomic mass is 10.0. The lowest BCUT2D eigenvalue weighted by molar-refractivity contribution is 0.0603. The largest absolute Gasteiger partial charge is 0.380 e. The van der Waals surface area contributed by atoms with Crippen molar-refractivity contribution in [3.8, 4) is 0 Å². The van der Waals surface area contributed by atoms with Crippen LogP contribution in [-0.2, 0) is 11.2 Å². The fourth-order valence-electron chi connectivity index (χ4n) is 2.07. The molecule has 1 aliphatic carbocycles. The Morgan fingerprint density at radius 1 is 1.60 bits per heavy atom. The SMILES string of the molecule is COC(C(N)CCc1ccsc1)C1CC1. The van der Waals surface area contributed by atoms with Crippen LogP contribution in [0.25, 0.3) is 0 Å². The highest BCUT2D eigenvalue weighted by Crippen LogP contribution is 2.35. The van der Waals surface area contributed by atoms with E-state index >= 15 is 0 Å². The Bertz CT molecular complexity index is 282. The first-order chi connectivity index (χ1) is 7.31.